The van der Waals surface area contributed by atoms with Gasteiger partial charge < -0.3 is 20.1 Å². The van der Waals surface area contributed by atoms with Crippen molar-refractivity contribution >= 4 is 12.0 Å². The number of ether oxygens (including phenoxy) is 1. The Bertz CT molecular complexity index is 309. The molecule has 0 aromatic rings. The standard InChI is InChI=1S/C13H24N2O4/c1-3-15(8-9-19-4-2)13(18)14-11-7-5-6-10(11)12(16)17/h10-11H,3-9H2,1-2H3,(H,14,18)(H,16,17). The van der Waals surface area contributed by atoms with Crippen LogP contribution in [0.1, 0.15) is 33.1 Å². The third-order valence-electron chi connectivity index (χ3n) is 3.52. The minimum absolute atomic E-state index is 0.194. The van der Waals surface area contributed by atoms with E-state index >= 15 is 0 Å². The fourth-order valence-corrected chi connectivity index (χ4v) is 2.40. The van der Waals surface area contributed by atoms with Gasteiger partial charge in [0.2, 0.25) is 0 Å². The first-order valence-electron chi connectivity index (χ1n) is 6.96. The molecule has 0 aromatic heterocycles. The summed E-state index contributed by atoms with van der Waals surface area (Å²) >= 11 is 0. The lowest BCUT2D eigenvalue weighted by molar-refractivity contribution is -0.142. The summed E-state index contributed by atoms with van der Waals surface area (Å²) in [5.41, 5.74) is 0. The Balaban J connectivity index is 2.45. The van der Waals surface area contributed by atoms with Crippen LogP contribution < -0.4 is 5.32 Å². The summed E-state index contributed by atoms with van der Waals surface area (Å²) in [7, 11) is 0. The molecule has 1 rings (SSSR count). The van der Waals surface area contributed by atoms with Gasteiger partial charge in [-0.3, -0.25) is 4.79 Å². The van der Waals surface area contributed by atoms with Gasteiger partial charge in [0.05, 0.1) is 12.5 Å². The number of carbonyl (C=O) groups is 2. The minimum atomic E-state index is -0.819. The van der Waals surface area contributed by atoms with Gasteiger partial charge in [0.25, 0.3) is 0 Å². The predicted molar refractivity (Wildman–Crippen MR) is 71.0 cm³/mol. The summed E-state index contributed by atoms with van der Waals surface area (Å²) < 4.78 is 5.23. The normalized spacial score (nSPS) is 22.2. The number of urea groups is 1. The van der Waals surface area contributed by atoms with Gasteiger partial charge in [-0.2, -0.15) is 0 Å². The third kappa shape index (κ3) is 4.70. The van der Waals surface area contributed by atoms with Crippen molar-refractivity contribution in [3.8, 4) is 0 Å². The smallest absolute Gasteiger partial charge is 0.317 e. The van der Waals surface area contributed by atoms with Crippen molar-refractivity contribution in [2.45, 2.75) is 39.2 Å². The topological polar surface area (TPSA) is 78.9 Å². The van der Waals surface area contributed by atoms with E-state index in [2.05, 4.69) is 5.32 Å². The van der Waals surface area contributed by atoms with Crippen molar-refractivity contribution < 1.29 is 19.4 Å². The van der Waals surface area contributed by atoms with E-state index < -0.39 is 11.9 Å². The highest BCUT2D eigenvalue weighted by Gasteiger charge is 2.34. The Morgan fingerprint density at radius 3 is 2.68 bits per heavy atom. The highest BCUT2D eigenvalue weighted by atomic mass is 16.5. The molecule has 6 nitrogen and oxygen atoms in total. The maximum absolute atomic E-state index is 12.1. The van der Waals surface area contributed by atoms with Crippen LogP contribution in [0.2, 0.25) is 0 Å². The van der Waals surface area contributed by atoms with Crippen LogP contribution >= 0.6 is 0 Å². The lowest BCUT2D eigenvalue weighted by Gasteiger charge is -2.25. The first kappa shape index (κ1) is 15.8. The summed E-state index contributed by atoms with van der Waals surface area (Å²) in [5, 5.41) is 11.9. The predicted octanol–water partition coefficient (Wildman–Crippen LogP) is 1.31. The van der Waals surface area contributed by atoms with Crippen molar-refractivity contribution in [3.05, 3.63) is 0 Å². The van der Waals surface area contributed by atoms with Gasteiger partial charge in [-0.1, -0.05) is 6.42 Å². The molecule has 2 N–H and O–H groups in total. The zero-order chi connectivity index (χ0) is 14.3. The Morgan fingerprint density at radius 1 is 1.37 bits per heavy atom. The Morgan fingerprint density at radius 2 is 2.11 bits per heavy atom. The molecule has 110 valence electrons. The first-order valence-corrected chi connectivity index (χ1v) is 6.96. The summed E-state index contributed by atoms with van der Waals surface area (Å²) in [4.78, 5) is 24.8. The minimum Gasteiger partial charge on any atom is -0.481 e. The molecule has 0 saturated heterocycles. The van der Waals surface area contributed by atoms with E-state index in [9.17, 15) is 9.59 Å². The van der Waals surface area contributed by atoms with Gasteiger partial charge in [-0.25, -0.2) is 4.79 Å². The van der Waals surface area contributed by atoms with E-state index in [0.29, 0.717) is 32.7 Å². The molecule has 2 unspecified atom stereocenters. The SMILES string of the molecule is CCOCCN(CC)C(=O)NC1CCCC1C(=O)O. The van der Waals surface area contributed by atoms with Gasteiger partial charge in [0, 0.05) is 25.7 Å². The highest BCUT2D eigenvalue weighted by molar-refractivity contribution is 5.77. The molecule has 19 heavy (non-hydrogen) atoms. The summed E-state index contributed by atoms with van der Waals surface area (Å²) in [6.07, 6.45) is 2.24. The number of carboxylic acid groups (broad SMARTS) is 1. The summed E-state index contributed by atoms with van der Waals surface area (Å²) in [6.45, 7) is 6.05. The molecule has 1 aliphatic carbocycles. The second-order valence-electron chi connectivity index (χ2n) is 4.71. The van der Waals surface area contributed by atoms with Crippen LogP contribution in [-0.2, 0) is 9.53 Å². The fraction of sp³-hybridized carbons (Fsp3) is 0.846. The Hall–Kier alpha value is -1.30. The number of carboxylic acids is 1. The van der Waals surface area contributed by atoms with E-state index in [4.69, 9.17) is 9.84 Å². The van der Waals surface area contributed by atoms with Crippen molar-refractivity contribution in [2.75, 3.05) is 26.3 Å². The average Bonchev–Trinajstić information content (AvgIpc) is 2.82. The molecule has 2 atom stereocenters. The monoisotopic (exact) mass is 272 g/mol. The van der Waals surface area contributed by atoms with Crippen molar-refractivity contribution in [1.82, 2.24) is 10.2 Å². The van der Waals surface area contributed by atoms with E-state index in [-0.39, 0.29) is 12.1 Å². The third-order valence-corrected chi connectivity index (χ3v) is 3.52. The van der Waals surface area contributed by atoms with Gasteiger partial charge in [-0.15, -0.1) is 0 Å². The summed E-state index contributed by atoms with van der Waals surface area (Å²) in [5.74, 6) is -1.27. The largest absolute Gasteiger partial charge is 0.481 e. The molecule has 0 spiro atoms. The Labute approximate surface area is 114 Å². The van der Waals surface area contributed by atoms with E-state index in [1.165, 1.54) is 0 Å². The van der Waals surface area contributed by atoms with Crippen LogP contribution in [0.15, 0.2) is 0 Å². The van der Waals surface area contributed by atoms with Crippen LogP contribution in [0.4, 0.5) is 4.79 Å². The molecule has 0 aliphatic heterocycles. The van der Waals surface area contributed by atoms with Gasteiger partial charge in [0.1, 0.15) is 0 Å². The zero-order valence-electron chi connectivity index (χ0n) is 11.7. The highest BCUT2D eigenvalue weighted by Crippen LogP contribution is 2.25. The quantitative estimate of drug-likeness (QED) is 0.685. The molecule has 1 saturated carbocycles. The number of nitrogens with zero attached hydrogens (tertiary/aromatic N) is 1. The number of aliphatic carboxylic acids is 1. The number of rotatable bonds is 7. The second-order valence-corrected chi connectivity index (χ2v) is 4.71. The Kier molecular flexibility index (Phi) is 6.62. The van der Waals surface area contributed by atoms with E-state index in [0.717, 1.165) is 12.8 Å². The zero-order valence-corrected chi connectivity index (χ0v) is 11.7. The fourth-order valence-electron chi connectivity index (χ4n) is 2.40. The molecule has 1 aliphatic rings. The van der Waals surface area contributed by atoms with E-state index in [1.54, 1.807) is 4.90 Å². The summed E-state index contributed by atoms with van der Waals surface area (Å²) in [6, 6.07) is -0.438. The molecule has 6 heteroatoms. The molecule has 2 amide bonds. The average molecular weight is 272 g/mol. The maximum atomic E-state index is 12.1. The maximum Gasteiger partial charge on any atom is 0.317 e. The number of amides is 2. The van der Waals surface area contributed by atoms with Gasteiger partial charge in [0.15, 0.2) is 0 Å². The van der Waals surface area contributed by atoms with Crippen LogP contribution in [0, 0.1) is 5.92 Å². The number of likely N-dealkylation sites (N-methyl/N-ethyl adjacent to an activating group) is 1. The van der Waals surface area contributed by atoms with Crippen molar-refractivity contribution in [1.29, 1.82) is 0 Å². The van der Waals surface area contributed by atoms with Crippen LogP contribution in [-0.4, -0.2) is 54.4 Å². The molecule has 1 fully saturated rings. The number of nitrogens with one attached hydrogen (secondary N) is 1. The lowest BCUT2D eigenvalue weighted by Crippen LogP contribution is -2.48. The molecule has 0 radical (unpaired) electrons. The number of hydrogen-bond acceptors (Lipinski definition) is 3. The first-order chi connectivity index (χ1) is 9.10. The van der Waals surface area contributed by atoms with Crippen LogP contribution in [0.25, 0.3) is 0 Å². The molecule has 0 bridgehead atoms. The molecule has 0 aromatic carbocycles. The number of hydrogen-bond donors (Lipinski definition) is 2. The van der Waals surface area contributed by atoms with Crippen molar-refractivity contribution in [3.63, 3.8) is 0 Å². The lowest BCUT2D eigenvalue weighted by atomic mass is 10.0. The van der Waals surface area contributed by atoms with Gasteiger partial charge >= 0.3 is 12.0 Å². The van der Waals surface area contributed by atoms with Crippen molar-refractivity contribution in [2.24, 2.45) is 5.92 Å². The van der Waals surface area contributed by atoms with Gasteiger partial charge in [-0.05, 0) is 26.7 Å². The second kappa shape index (κ2) is 7.99. The number of carbonyl (C=O) groups excluding carboxylic acids is 1. The molecule has 0 heterocycles. The molecular formula is C13H24N2O4. The van der Waals surface area contributed by atoms with E-state index in [1.807, 2.05) is 13.8 Å². The van der Waals surface area contributed by atoms with Crippen LogP contribution in [0.5, 0.6) is 0 Å². The molecular weight excluding hydrogens is 248 g/mol. The van der Waals surface area contributed by atoms with Crippen LogP contribution in [0.3, 0.4) is 0 Å².